The number of oxazole rings is 1. The molecule has 0 saturated carbocycles. The molecule has 0 spiro atoms. The maximum Gasteiger partial charge on any atom is 0.263 e. The summed E-state index contributed by atoms with van der Waals surface area (Å²) in [5.74, 6) is 2.10. The highest BCUT2D eigenvalue weighted by Crippen LogP contribution is 2.27. The van der Waals surface area contributed by atoms with Crippen LogP contribution in [-0.4, -0.2) is 41.5 Å². The van der Waals surface area contributed by atoms with Crippen molar-refractivity contribution in [2.24, 2.45) is 0 Å². The fourth-order valence-electron chi connectivity index (χ4n) is 3.40. The van der Waals surface area contributed by atoms with Gasteiger partial charge in [-0.1, -0.05) is 30.3 Å². The van der Waals surface area contributed by atoms with Crippen LogP contribution in [0.3, 0.4) is 0 Å². The van der Waals surface area contributed by atoms with E-state index in [0.29, 0.717) is 17.7 Å². The molecule has 1 unspecified atom stereocenters. The normalized spacial score (nSPS) is 19.4. The van der Waals surface area contributed by atoms with Gasteiger partial charge in [-0.15, -0.1) is 0 Å². The van der Waals surface area contributed by atoms with E-state index in [1.54, 1.807) is 6.26 Å². The predicted octanol–water partition coefficient (Wildman–Crippen LogP) is 3.73. The van der Waals surface area contributed by atoms with Gasteiger partial charge in [0.05, 0.1) is 12.0 Å². The van der Waals surface area contributed by atoms with E-state index >= 15 is 0 Å². The van der Waals surface area contributed by atoms with E-state index < -0.39 is 0 Å². The summed E-state index contributed by atoms with van der Waals surface area (Å²) < 4.78 is 11.2. The molecule has 0 N–H and O–H groups in total. The quantitative estimate of drug-likeness (QED) is 0.726. The van der Waals surface area contributed by atoms with Crippen LogP contribution in [0.4, 0.5) is 0 Å². The van der Waals surface area contributed by atoms with Crippen LogP contribution in [0.2, 0.25) is 0 Å². The Labute approximate surface area is 147 Å². The van der Waals surface area contributed by atoms with E-state index in [9.17, 15) is 0 Å². The number of aromatic nitrogens is 1. The Morgan fingerprint density at radius 1 is 1.12 bits per heavy atom. The molecule has 0 amide bonds. The van der Waals surface area contributed by atoms with Crippen LogP contribution in [0.25, 0.3) is 11.7 Å². The van der Waals surface area contributed by atoms with Crippen LogP contribution in [0.5, 0.6) is 0 Å². The highest BCUT2D eigenvalue weighted by Gasteiger charge is 2.27. The number of likely N-dealkylation sites (N-methyl/N-ethyl adjacent to an activating group) is 1. The number of piperazine rings is 1. The molecule has 130 valence electrons. The van der Waals surface area contributed by atoms with Crippen molar-refractivity contribution in [1.82, 2.24) is 14.8 Å². The molecule has 3 aromatic rings. The van der Waals surface area contributed by atoms with Crippen LogP contribution in [0.1, 0.15) is 23.1 Å². The van der Waals surface area contributed by atoms with Gasteiger partial charge in [-0.3, -0.25) is 9.80 Å². The van der Waals surface area contributed by atoms with Gasteiger partial charge in [-0.05, 0) is 31.7 Å². The topological polar surface area (TPSA) is 45.7 Å². The van der Waals surface area contributed by atoms with Gasteiger partial charge in [0.1, 0.15) is 5.76 Å². The molecule has 4 rings (SSSR count). The Morgan fingerprint density at radius 3 is 2.72 bits per heavy atom. The van der Waals surface area contributed by atoms with Crippen molar-refractivity contribution in [1.29, 1.82) is 0 Å². The zero-order valence-electron chi connectivity index (χ0n) is 14.7. The first-order valence-corrected chi connectivity index (χ1v) is 8.68. The molecule has 0 aliphatic carbocycles. The van der Waals surface area contributed by atoms with E-state index in [2.05, 4.69) is 52.2 Å². The van der Waals surface area contributed by atoms with E-state index in [1.165, 1.54) is 5.56 Å². The third kappa shape index (κ3) is 3.38. The van der Waals surface area contributed by atoms with Crippen molar-refractivity contribution in [3.8, 4) is 11.7 Å². The first-order chi connectivity index (χ1) is 12.2. The number of hydrogen-bond donors (Lipinski definition) is 0. The molecule has 1 fully saturated rings. The Bertz CT molecular complexity index is 811. The average Bonchev–Trinajstić information content (AvgIpc) is 3.28. The zero-order chi connectivity index (χ0) is 17.2. The minimum absolute atomic E-state index is 0.409. The Morgan fingerprint density at radius 2 is 1.96 bits per heavy atom. The van der Waals surface area contributed by atoms with Crippen molar-refractivity contribution < 1.29 is 8.83 Å². The largest absolute Gasteiger partial charge is 0.459 e. The summed E-state index contributed by atoms with van der Waals surface area (Å²) in [6, 6.07) is 14.8. The Balaban J connectivity index is 1.50. The lowest BCUT2D eigenvalue weighted by molar-refractivity contribution is 0.0894. The Kier molecular flexibility index (Phi) is 4.42. The lowest BCUT2D eigenvalue weighted by atomic mass is 10.0. The summed E-state index contributed by atoms with van der Waals surface area (Å²) >= 11 is 0. The van der Waals surface area contributed by atoms with Crippen molar-refractivity contribution in [2.75, 3.05) is 26.7 Å². The smallest absolute Gasteiger partial charge is 0.263 e. The molecular formula is C20H23N3O2. The first-order valence-electron chi connectivity index (χ1n) is 8.68. The number of hydrogen-bond acceptors (Lipinski definition) is 5. The van der Waals surface area contributed by atoms with E-state index in [0.717, 1.165) is 37.6 Å². The minimum Gasteiger partial charge on any atom is -0.459 e. The summed E-state index contributed by atoms with van der Waals surface area (Å²) in [6.45, 7) is 5.83. The summed E-state index contributed by atoms with van der Waals surface area (Å²) in [4.78, 5) is 9.53. The number of furan rings is 1. The third-order valence-corrected chi connectivity index (χ3v) is 4.91. The van der Waals surface area contributed by atoms with Crippen LogP contribution in [0, 0.1) is 6.92 Å². The van der Waals surface area contributed by atoms with E-state index in [4.69, 9.17) is 8.83 Å². The van der Waals surface area contributed by atoms with E-state index in [-0.39, 0.29) is 0 Å². The van der Waals surface area contributed by atoms with Gasteiger partial charge in [0.25, 0.3) is 5.89 Å². The molecule has 1 aliphatic rings. The first kappa shape index (κ1) is 16.1. The number of aryl methyl sites for hydroxylation is 1. The third-order valence-electron chi connectivity index (χ3n) is 4.91. The second-order valence-electron chi connectivity index (χ2n) is 6.64. The monoisotopic (exact) mass is 337 g/mol. The number of rotatable bonds is 4. The highest BCUT2D eigenvalue weighted by molar-refractivity contribution is 5.44. The highest BCUT2D eigenvalue weighted by atomic mass is 16.4. The molecule has 1 aliphatic heterocycles. The fourth-order valence-corrected chi connectivity index (χ4v) is 3.40. The van der Waals surface area contributed by atoms with Gasteiger partial charge < -0.3 is 8.83 Å². The molecule has 1 aromatic carbocycles. The predicted molar refractivity (Wildman–Crippen MR) is 96.0 cm³/mol. The molecule has 5 nitrogen and oxygen atoms in total. The lowest BCUT2D eigenvalue weighted by Crippen LogP contribution is -2.46. The van der Waals surface area contributed by atoms with Gasteiger partial charge in [0.2, 0.25) is 0 Å². The molecular weight excluding hydrogens is 314 g/mol. The molecule has 2 aromatic heterocycles. The maximum atomic E-state index is 5.79. The van der Waals surface area contributed by atoms with Crippen LogP contribution in [0.15, 0.2) is 57.6 Å². The molecule has 0 radical (unpaired) electrons. The number of nitrogens with zero attached hydrogens (tertiary/aromatic N) is 3. The van der Waals surface area contributed by atoms with Gasteiger partial charge in [-0.25, -0.2) is 4.98 Å². The molecule has 0 bridgehead atoms. The lowest BCUT2D eigenvalue weighted by Gasteiger charge is -2.39. The van der Waals surface area contributed by atoms with Crippen molar-refractivity contribution in [3.05, 3.63) is 65.7 Å². The van der Waals surface area contributed by atoms with Gasteiger partial charge in [0, 0.05) is 32.2 Å². The molecule has 25 heavy (non-hydrogen) atoms. The fraction of sp³-hybridized carbons (Fsp3) is 0.350. The van der Waals surface area contributed by atoms with Crippen molar-refractivity contribution in [2.45, 2.75) is 19.5 Å². The second kappa shape index (κ2) is 6.86. The van der Waals surface area contributed by atoms with Crippen LogP contribution >= 0.6 is 0 Å². The maximum absolute atomic E-state index is 5.79. The summed E-state index contributed by atoms with van der Waals surface area (Å²) in [5, 5.41) is 0. The van der Waals surface area contributed by atoms with Crippen LogP contribution in [-0.2, 0) is 6.54 Å². The molecule has 1 saturated heterocycles. The minimum atomic E-state index is 0.409. The van der Waals surface area contributed by atoms with Gasteiger partial charge in [-0.2, -0.15) is 0 Å². The van der Waals surface area contributed by atoms with Crippen molar-refractivity contribution in [3.63, 3.8) is 0 Å². The standard InChI is InChI=1S/C20H23N3O2/c1-15-17(21-20(25-15)19-9-6-12-24-19)13-23-11-10-22(2)18(14-23)16-7-4-3-5-8-16/h3-9,12,18H,10-11,13-14H2,1-2H3. The van der Waals surface area contributed by atoms with Crippen molar-refractivity contribution >= 4 is 0 Å². The van der Waals surface area contributed by atoms with Crippen LogP contribution < -0.4 is 0 Å². The zero-order valence-corrected chi connectivity index (χ0v) is 14.7. The number of benzene rings is 1. The summed E-state index contributed by atoms with van der Waals surface area (Å²) in [7, 11) is 2.20. The molecule has 5 heteroatoms. The average molecular weight is 337 g/mol. The van der Waals surface area contributed by atoms with E-state index in [1.807, 2.05) is 19.1 Å². The second-order valence-corrected chi connectivity index (χ2v) is 6.64. The molecule has 1 atom stereocenters. The summed E-state index contributed by atoms with van der Waals surface area (Å²) in [6.07, 6.45) is 1.64. The Hall–Kier alpha value is -2.37. The van der Waals surface area contributed by atoms with Gasteiger partial charge >= 0.3 is 0 Å². The summed E-state index contributed by atoms with van der Waals surface area (Å²) in [5.41, 5.74) is 2.35. The molecule has 3 heterocycles. The van der Waals surface area contributed by atoms with Gasteiger partial charge in [0.15, 0.2) is 5.76 Å². The SMILES string of the molecule is Cc1oc(-c2ccco2)nc1CN1CCN(C)C(c2ccccc2)C1.